The van der Waals surface area contributed by atoms with Crippen LogP contribution in [0.5, 0.6) is 11.5 Å². The number of nitrogens with zero attached hydrogens (tertiary/aromatic N) is 8. The lowest BCUT2D eigenvalue weighted by molar-refractivity contribution is 0.486. The van der Waals surface area contributed by atoms with Gasteiger partial charge < -0.3 is 14.6 Å². The van der Waals surface area contributed by atoms with Crippen LogP contribution in [0.2, 0.25) is 10.2 Å². The van der Waals surface area contributed by atoms with Crippen LogP contribution < -0.4 is 15.6 Å². The average Bonchev–Trinajstić information content (AvgIpc) is 3.51. The first-order valence-electron chi connectivity index (χ1n) is 10.4. The van der Waals surface area contributed by atoms with Gasteiger partial charge in [0.1, 0.15) is 21.7 Å². The Morgan fingerprint density at radius 2 is 1.94 bits per heavy atom. The van der Waals surface area contributed by atoms with Gasteiger partial charge in [-0.05, 0) is 18.9 Å². The average molecular weight is 498 g/mol. The van der Waals surface area contributed by atoms with Crippen molar-refractivity contribution in [2.45, 2.75) is 18.8 Å². The van der Waals surface area contributed by atoms with E-state index in [1.54, 1.807) is 41.6 Å². The van der Waals surface area contributed by atoms with Crippen LogP contribution >= 0.6 is 23.2 Å². The molecule has 6 rings (SSSR count). The van der Waals surface area contributed by atoms with Gasteiger partial charge in [0.15, 0.2) is 22.3 Å². The third kappa shape index (κ3) is 3.35. The van der Waals surface area contributed by atoms with E-state index in [2.05, 4.69) is 30.5 Å². The number of aryl methyl sites for hydroxylation is 2. The summed E-state index contributed by atoms with van der Waals surface area (Å²) in [5.74, 6) is 1.49. The van der Waals surface area contributed by atoms with Gasteiger partial charge in [0, 0.05) is 32.4 Å². The predicted octanol–water partition coefficient (Wildman–Crippen LogP) is 3.82. The van der Waals surface area contributed by atoms with E-state index >= 15 is 0 Å². The topological polar surface area (TPSA) is 117 Å². The van der Waals surface area contributed by atoms with Crippen LogP contribution in [0.4, 0.5) is 11.6 Å². The number of hydrogen-bond acceptors (Lipinski definition) is 8. The Labute approximate surface area is 201 Å². The van der Waals surface area contributed by atoms with Crippen LogP contribution in [0, 0.1) is 0 Å². The lowest BCUT2D eigenvalue weighted by Crippen LogP contribution is -2.23. The van der Waals surface area contributed by atoms with Crippen molar-refractivity contribution in [3.05, 3.63) is 57.1 Å². The minimum absolute atomic E-state index is 0.247. The normalized spacial score (nSPS) is 13.6. The molecular weight excluding hydrogens is 481 g/mol. The van der Waals surface area contributed by atoms with Gasteiger partial charge in [-0.2, -0.15) is 15.2 Å². The molecule has 0 atom stereocenters. The highest BCUT2D eigenvalue weighted by molar-refractivity contribution is 6.36. The molecule has 11 nitrogen and oxygen atoms in total. The van der Waals surface area contributed by atoms with Crippen molar-refractivity contribution in [1.82, 2.24) is 38.9 Å². The molecule has 0 aromatic carbocycles. The van der Waals surface area contributed by atoms with E-state index < -0.39 is 0 Å². The zero-order valence-electron chi connectivity index (χ0n) is 18.0. The fraction of sp³-hybridized carbons (Fsp3) is 0.238. The maximum absolute atomic E-state index is 12.6. The highest BCUT2D eigenvalue weighted by atomic mass is 35.5. The SMILES string of the molecule is Cn1nc(C2CC2)cc(Nc2nc3ncc(Oc4cnn5ccnc(Cl)c45)c(Cl)c3n2C)c1=O. The van der Waals surface area contributed by atoms with Gasteiger partial charge >= 0.3 is 0 Å². The fourth-order valence-corrected chi connectivity index (χ4v) is 4.32. The standard InChI is InChI=1S/C21H17Cl2N9O2/c1-30-17-15(22)13(34-14-9-26-32-6-5-24-18(23)16(14)32)8-25-19(17)28-21(30)27-12-7-11(10-3-4-10)29-31(2)20(12)33/h5-10H,3-4H2,1-2H3,(H,25,27,28). The molecule has 5 heterocycles. The first kappa shape index (κ1) is 20.9. The number of halogens is 2. The van der Waals surface area contributed by atoms with Crippen LogP contribution in [-0.4, -0.2) is 38.9 Å². The number of imidazole rings is 1. The largest absolute Gasteiger partial charge is 0.450 e. The number of fused-ring (bicyclic) bond motifs is 2. The third-order valence-corrected chi connectivity index (χ3v) is 6.34. The Bertz CT molecular complexity index is 1650. The first-order valence-corrected chi connectivity index (χ1v) is 11.2. The van der Waals surface area contributed by atoms with E-state index in [1.807, 2.05) is 0 Å². The van der Waals surface area contributed by atoms with Crippen molar-refractivity contribution in [3.8, 4) is 11.5 Å². The lowest BCUT2D eigenvalue weighted by Gasteiger charge is -2.10. The molecule has 1 saturated carbocycles. The Hall–Kier alpha value is -3.70. The number of hydrogen-bond donors (Lipinski definition) is 1. The molecule has 34 heavy (non-hydrogen) atoms. The Morgan fingerprint density at radius 3 is 2.74 bits per heavy atom. The number of ether oxygens (including phenoxy) is 1. The zero-order valence-corrected chi connectivity index (χ0v) is 19.5. The molecule has 1 fully saturated rings. The summed E-state index contributed by atoms with van der Waals surface area (Å²) >= 11 is 12.9. The second-order valence-corrected chi connectivity index (χ2v) is 8.77. The Morgan fingerprint density at radius 1 is 1.12 bits per heavy atom. The lowest BCUT2D eigenvalue weighted by atomic mass is 10.2. The number of nitrogens with one attached hydrogen (secondary N) is 1. The van der Waals surface area contributed by atoms with Crippen molar-refractivity contribution in [2.24, 2.45) is 14.1 Å². The molecule has 5 aromatic heterocycles. The maximum Gasteiger partial charge on any atom is 0.290 e. The zero-order chi connectivity index (χ0) is 23.6. The van der Waals surface area contributed by atoms with Crippen LogP contribution in [0.3, 0.4) is 0 Å². The van der Waals surface area contributed by atoms with Gasteiger partial charge in [0.05, 0.1) is 18.1 Å². The summed E-state index contributed by atoms with van der Waals surface area (Å²) in [5, 5.41) is 12.2. The summed E-state index contributed by atoms with van der Waals surface area (Å²) in [6, 6.07) is 1.78. The van der Waals surface area contributed by atoms with Gasteiger partial charge in [0.25, 0.3) is 5.56 Å². The molecule has 1 aliphatic rings. The van der Waals surface area contributed by atoms with Crippen LogP contribution in [0.15, 0.2) is 35.6 Å². The molecule has 0 radical (unpaired) electrons. The van der Waals surface area contributed by atoms with E-state index in [0.29, 0.717) is 50.8 Å². The Balaban J connectivity index is 1.39. The molecule has 1 aliphatic carbocycles. The van der Waals surface area contributed by atoms with Crippen molar-refractivity contribution >= 4 is 51.5 Å². The monoisotopic (exact) mass is 497 g/mol. The van der Waals surface area contributed by atoms with Crippen LogP contribution in [0.1, 0.15) is 24.5 Å². The van der Waals surface area contributed by atoms with Gasteiger partial charge in [-0.1, -0.05) is 23.2 Å². The van der Waals surface area contributed by atoms with Crippen molar-refractivity contribution in [2.75, 3.05) is 5.32 Å². The van der Waals surface area contributed by atoms with Crippen LogP contribution in [-0.2, 0) is 14.1 Å². The Kier molecular flexibility index (Phi) is 4.71. The summed E-state index contributed by atoms with van der Waals surface area (Å²) in [4.78, 5) is 25.6. The molecule has 0 aliphatic heterocycles. The summed E-state index contributed by atoms with van der Waals surface area (Å²) in [5.41, 5.74) is 2.47. The van der Waals surface area contributed by atoms with Crippen molar-refractivity contribution < 1.29 is 4.74 Å². The highest BCUT2D eigenvalue weighted by Crippen LogP contribution is 2.40. The third-order valence-electron chi connectivity index (χ3n) is 5.70. The second-order valence-electron chi connectivity index (χ2n) is 8.04. The number of rotatable bonds is 5. The van der Waals surface area contributed by atoms with E-state index in [9.17, 15) is 4.79 Å². The molecular formula is C21H17Cl2N9O2. The highest BCUT2D eigenvalue weighted by Gasteiger charge is 2.27. The molecule has 0 amide bonds. The molecule has 5 aromatic rings. The van der Waals surface area contributed by atoms with E-state index in [1.165, 1.54) is 17.1 Å². The van der Waals surface area contributed by atoms with Gasteiger partial charge in [-0.25, -0.2) is 19.2 Å². The van der Waals surface area contributed by atoms with Gasteiger partial charge in [0.2, 0.25) is 5.95 Å². The fourth-order valence-electron chi connectivity index (χ4n) is 3.79. The summed E-state index contributed by atoms with van der Waals surface area (Å²) < 4.78 is 10.6. The van der Waals surface area contributed by atoms with E-state index in [4.69, 9.17) is 27.9 Å². The minimum atomic E-state index is -0.252. The van der Waals surface area contributed by atoms with Crippen LogP contribution in [0.25, 0.3) is 16.7 Å². The summed E-state index contributed by atoms with van der Waals surface area (Å²) in [7, 11) is 3.41. The van der Waals surface area contributed by atoms with E-state index in [0.717, 1.165) is 18.5 Å². The molecule has 172 valence electrons. The molecule has 0 saturated heterocycles. The minimum Gasteiger partial charge on any atom is -0.450 e. The molecule has 0 bridgehead atoms. The quantitative estimate of drug-likeness (QED) is 0.389. The number of aromatic nitrogens is 8. The number of anilines is 2. The number of pyridine rings is 1. The summed E-state index contributed by atoms with van der Waals surface area (Å²) in [6.07, 6.45) is 8.36. The molecule has 0 spiro atoms. The molecule has 13 heteroatoms. The molecule has 1 N–H and O–H groups in total. The maximum atomic E-state index is 12.6. The summed E-state index contributed by atoms with van der Waals surface area (Å²) in [6.45, 7) is 0. The first-order chi connectivity index (χ1) is 16.4. The predicted molar refractivity (Wildman–Crippen MR) is 126 cm³/mol. The molecule has 0 unspecified atom stereocenters. The second kappa shape index (κ2) is 7.67. The van der Waals surface area contributed by atoms with E-state index in [-0.39, 0.29) is 10.7 Å². The smallest absolute Gasteiger partial charge is 0.290 e. The van der Waals surface area contributed by atoms with Gasteiger partial charge in [-0.15, -0.1) is 0 Å². The van der Waals surface area contributed by atoms with Gasteiger partial charge in [-0.3, -0.25) is 4.79 Å². The van der Waals surface area contributed by atoms with Crippen molar-refractivity contribution in [3.63, 3.8) is 0 Å². The van der Waals surface area contributed by atoms with Crippen molar-refractivity contribution in [1.29, 1.82) is 0 Å².